The van der Waals surface area contributed by atoms with Gasteiger partial charge in [0.15, 0.2) is 0 Å². The van der Waals surface area contributed by atoms with Gasteiger partial charge in [0.2, 0.25) is 5.85 Å². The minimum Gasteiger partial charge on any atom is -0.459 e. The molecule has 2 heteroatoms. The molecule has 0 atom stereocenters. The molecule has 88 valence electrons. The molecule has 1 nitrogen and oxygen atoms in total. The van der Waals surface area contributed by atoms with Crippen LogP contribution in [0.15, 0.2) is 30.3 Å². The van der Waals surface area contributed by atoms with Crippen LogP contribution in [0.3, 0.4) is 0 Å². The van der Waals surface area contributed by atoms with E-state index in [2.05, 4.69) is 26.0 Å². The summed E-state index contributed by atoms with van der Waals surface area (Å²) in [6.07, 6.45) is 4.17. The van der Waals surface area contributed by atoms with Gasteiger partial charge in [0.25, 0.3) is 0 Å². The van der Waals surface area contributed by atoms with Crippen molar-refractivity contribution in [3.05, 3.63) is 35.9 Å². The minimum absolute atomic E-state index is 0.528. The second-order valence-corrected chi connectivity index (χ2v) is 4.64. The largest absolute Gasteiger partial charge is 0.459 e. The normalized spacial score (nSPS) is 12.4. The van der Waals surface area contributed by atoms with Crippen LogP contribution in [0.5, 0.6) is 5.75 Å². The number of hydrogen-bond acceptors (Lipinski definition) is 1. The highest BCUT2D eigenvalue weighted by Gasteiger charge is 2.16. The van der Waals surface area contributed by atoms with Crippen LogP contribution in [0.2, 0.25) is 0 Å². The van der Waals surface area contributed by atoms with Crippen LogP contribution in [-0.4, -0.2) is 5.85 Å². The molecule has 0 N–H and O–H groups in total. The van der Waals surface area contributed by atoms with Gasteiger partial charge in [-0.05, 0) is 23.6 Å². The van der Waals surface area contributed by atoms with E-state index < -0.39 is 5.85 Å². The Morgan fingerprint density at radius 3 is 2.19 bits per heavy atom. The molecule has 0 fully saturated rings. The molecule has 16 heavy (non-hydrogen) atoms. The van der Waals surface area contributed by atoms with Crippen LogP contribution < -0.4 is 4.74 Å². The van der Waals surface area contributed by atoms with Crippen LogP contribution in [-0.2, 0) is 0 Å². The van der Waals surface area contributed by atoms with Crippen molar-refractivity contribution in [1.29, 1.82) is 0 Å². The molecule has 0 bridgehead atoms. The molecule has 0 aliphatic rings. The van der Waals surface area contributed by atoms with Crippen molar-refractivity contribution >= 4 is 6.08 Å². The van der Waals surface area contributed by atoms with E-state index in [1.54, 1.807) is 12.1 Å². The Kier molecular flexibility index (Phi) is 4.11. The molecule has 1 aromatic carbocycles. The molecule has 1 rings (SSSR count). The van der Waals surface area contributed by atoms with Gasteiger partial charge in [0.05, 0.1) is 0 Å². The first-order chi connectivity index (χ1) is 7.37. The lowest BCUT2D eigenvalue weighted by Gasteiger charge is -2.16. The molecule has 0 saturated carbocycles. The Balaban J connectivity index is 2.68. The first-order valence-electron chi connectivity index (χ1n) is 5.53. The quantitative estimate of drug-likeness (QED) is 0.731. The van der Waals surface area contributed by atoms with Gasteiger partial charge in [0.1, 0.15) is 5.75 Å². The summed E-state index contributed by atoms with van der Waals surface area (Å²) in [6, 6.07) is 7.39. The Bertz CT molecular complexity index is 344. The Labute approximate surface area is 96.9 Å². The molecule has 0 saturated heterocycles. The Morgan fingerprint density at radius 2 is 1.75 bits per heavy atom. The van der Waals surface area contributed by atoms with Crippen molar-refractivity contribution in [3.8, 4) is 5.75 Å². The minimum atomic E-state index is -1.63. The highest BCUT2D eigenvalue weighted by atomic mass is 19.2. The Morgan fingerprint density at radius 1 is 1.19 bits per heavy atom. The molecule has 0 unspecified atom stereocenters. The molecule has 0 aliphatic carbocycles. The third-order valence-corrected chi connectivity index (χ3v) is 1.91. The maximum atomic E-state index is 13.2. The third kappa shape index (κ3) is 4.96. The zero-order chi connectivity index (χ0) is 12.2. The zero-order valence-corrected chi connectivity index (χ0v) is 10.3. The van der Waals surface area contributed by atoms with Crippen molar-refractivity contribution in [2.24, 2.45) is 5.92 Å². The van der Waals surface area contributed by atoms with Crippen molar-refractivity contribution < 1.29 is 9.13 Å². The smallest absolute Gasteiger partial charge is 0.242 e. The van der Waals surface area contributed by atoms with Crippen LogP contribution in [0.25, 0.3) is 6.08 Å². The highest BCUT2D eigenvalue weighted by Crippen LogP contribution is 2.20. The number of hydrogen-bond donors (Lipinski definition) is 0. The highest BCUT2D eigenvalue weighted by molar-refractivity contribution is 5.50. The average Bonchev–Trinajstić information content (AvgIpc) is 2.14. The van der Waals surface area contributed by atoms with Gasteiger partial charge in [-0.25, -0.2) is 0 Å². The molecule has 0 heterocycles. The van der Waals surface area contributed by atoms with Crippen molar-refractivity contribution in [2.45, 2.75) is 33.5 Å². The lowest BCUT2D eigenvalue weighted by Crippen LogP contribution is -2.20. The van der Waals surface area contributed by atoms with E-state index in [9.17, 15) is 4.39 Å². The van der Waals surface area contributed by atoms with Crippen LogP contribution in [0, 0.1) is 5.92 Å². The number of allylic oxidation sites excluding steroid dienone is 1. The average molecular weight is 222 g/mol. The maximum absolute atomic E-state index is 13.2. The summed E-state index contributed by atoms with van der Waals surface area (Å²) in [7, 11) is 0. The standard InChI is InChI=1S/C14H19FO/c1-11(2)5-6-12-7-9-13(10-8-12)16-14(3,4)15/h5-11H,1-4H3/b6-5+. The van der Waals surface area contributed by atoms with E-state index in [1.807, 2.05) is 12.1 Å². The molecule has 0 aromatic heterocycles. The topological polar surface area (TPSA) is 9.23 Å². The summed E-state index contributed by atoms with van der Waals surface area (Å²) in [5.41, 5.74) is 1.10. The number of rotatable bonds is 4. The number of benzene rings is 1. The molecule has 0 radical (unpaired) electrons. The molecule has 0 amide bonds. The predicted molar refractivity (Wildman–Crippen MR) is 66.1 cm³/mol. The van der Waals surface area contributed by atoms with Gasteiger partial charge < -0.3 is 4.74 Å². The number of ether oxygens (including phenoxy) is 1. The molecular formula is C14H19FO. The summed E-state index contributed by atoms with van der Waals surface area (Å²) in [4.78, 5) is 0. The Hall–Kier alpha value is -1.31. The summed E-state index contributed by atoms with van der Waals surface area (Å²) in [6.45, 7) is 7.03. The van der Waals surface area contributed by atoms with Gasteiger partial charge in [-0.15, -0.1) is 0 Å². The van der Waals surface area contributed by atoms with Crippen molar-refractivity contribution in [2.75, 3.05) is 0 Å². The van der Waals surface area contributed by atoms with E-state index in [-0.39, 0.29) is 0 Å². The number of halogens is 1. The molecule has 0 spiro atoms. The predicted octanol–water partition coefficient (Wildman–Crippen LogP) is 4.44. The fourth-order valence-corrected chi connectivity index (χ4v) is 1.23. The SMILES string of the molecule is CC(C)/C=C/c1ccc(OC(C)(C)F)cc1. The molecule has 1 aromatic rings. The van der Waals surface area contributed by atoms with Gasteiger partial charge in [-0.2, -0.15) is 4.39 Å². The maximum Gasteiger partial charge on any atom is 0.242 e. The molecule has 0 aliphatic heterocycles. The van der Waals surface area contributed by atoms with Gasteiger partial charge in [-0.1, -0.05) is 38.1 Å². The fourth-order valence-electron chi connectivity index (χ4n) is 1.23. The molecular weight excluding hydrogens is 203 g/mol. The lowest BCUT2D eigenvalue weighted by atomic mass is 10.1. The summed E-state index contributed by atoms with van der Waals surface area (Å²) >= 11 is 0. The van der Waals surface area contributed by atoms with Crippen LogP contribution in [0.4, 0.5) is 4.39 Å². The summed E-state index contributed by atoms with van der Waals surface area (Å²) in [5.74, 6) is -0.551. The second-order valence-electron chi connectivity index (χ2n) is 4.64. The van der Waals surface area contributed by atoms with Crippen LogP contribution >= 0.6 is 0 Å². The van der Waals surface area contributed by atoms with Gasteiger partial charge in [-0.3, -0.25) is 0 Å². The second kappa shape index (κ2) is 5.15. The fraction of sp³-hybridized carbons (Fsp3) is 0.429. The van der Waals surface area contributed by atoms with E-state index in [4.69, 9.17) is 4.74 Å². The van der Waals surface area contributed by atoms with Crippen LogP contribution in [0.1, 0.15) is 33.3 Å². The third-order valence-electron chi connectivity index (χ3n) is 1.91. The van der Waals surface area contributed by atoms with Gasteiger partial charge in [0, 0.05) is 13.8 Å². The first-order valence-corrected chi connectivity index (χ1v) is 5.53. The van der Waals surface area contributed by atoms with Crippen molar-refractivity contribution in [3.63, 3.8) is 0 Å². The monoisotopic (exact) mass is 222 g/mol. The van der Waals surface area contributed by atoms with Crippen molar-refractivity contribution in [1.82, 2.24) is 0 Å². The van der Waals surface area contributed by atoms with E-state index in [0.717, 1.165) is 5.56 Å². The number of alkyl halides is 1. The van der Waals surface area contributed by atoms with E-state index in [1.165, 1.54) is 13.8 Å². The summed E-state index contributed by atoms with van der Waals surface area (Å²) in [5, 5.41) is 0. The lowest BCUT2D eigenvalue weighted by molar-refractivity contribution is -0.0257. The van der Waals surface area contributed by atoms with E-state index >= 15 is 0 Å². The van der Waals surface area contributed by atoms with E-state index in [0.29, 0.717) is 11.7 Å². The zero-order valence-electron chi connectivity index (χ0n) is 10.3. The first kappa shape index (κ1) is 12.8. The summed E-state index contributed by atoms with van der Waals surface area (Å²) < 4.78 is 18.3. The van der Waals surface area contributed by atoms with Gasteiger partial charge >= 0.3 is 0 Å².